The van der Waals surface area contributed by atoms with Crippen molar-refractivity contribution in [3.8, 4) is 0 Å². The van der Waals surface area contributed by atoms with Crippen LogP contribution in [0.25, 0.3) is 10.2 Å². The molecule has 9 heteroatoms. The van der Waals surface area contributed by atoms with Gasteiger partial charge in [0.15, 0.2) is 5.16 Å². The van der Waals surface area contributed by atoms with E-state index in [-0.39, 0.29) is 5.91 Å². The smallest absolute Gasteiger partial charge is 0.237 e. The molecule has 3 rings (SSSR count). The van der Waals surface area contributed by atoms with Gasteiger partial charge in [-0.2, -0.15) is 0 Å². The summed E-state index contributed by atoms with van der Waals surface area (Å²) in [7, 11) is 0. The number of thiophene rings is 1. The van der Waals surface area contributed by atoms with Crippen molar-refractivity contribution in [2.75, 3.05) is 11.1 Å². The van der Waals surface area contributed by atoms with Crippen molar-refractivity contribution in [3.63, 3.8) is 0 Å². The molecule has 0 aliphatic carbocycles. The summed E-state index contributed by atoms with van der Waals surface area (Å²) >= 11 is 14.8. The van der Waals surface area contributed by atoms with Crippen LogP contribution in [0.4, 0.5) is 11.5 Å². The predicted octanol–water partition coefficient (Wildman–Crippen LogP) is 5.32. The number of nitrogens with two attached hydrogens (primary N) is 1. The van der Waals surface area contributed by atoms with Crippen molar-refractivity contribution in [2.24, 2.45) is 0 Å². The van der Waals surface area contributed by atoms with E-state index < -0.39 is 5.25 Å². The second kappa shape index (κ2) is 7.60. The summed E-state index contributed by atoms with van der Waals surface area (Å²) in [6, 6.07) is 4.91. The van der Waals surface area contributed by atoms with Crippen molar-refractivity contribution in [1.82, 2.24) is 9.97 Å². The SMILES string of the molecule is Cc1sc2nc(S[C@@H](C)C(=O)Nc3ccc(Cl)cc3Cl)nc(N)c2c1C. The van der Waals surface area contributed by atoms with Gasteiger partial charge in [-0.15, -0.1) is 11.3 Å². The fourth-order valence-electron chi connectivity index (χ4n) is 2.35. The second-order valence-corrected chi connectivity index (χ2v) is 9.08. The largest absolute Gasteiger partial charge is 0.383 e. The molecule has 0 radical (unpaired) electrons. The number of carbonyl (C=O) groups is 1. The van der Waals surface area contributed by atoms with Gasteiger partial charge in [0.2, 0.25) is 5.91 Å². The number of nitrogens with one attached hydrogen (secondary N) is 1. The predicted molar refractivity (Wildman–Crippen MR) is 112 cm³/mol. The molecule has 0 unspecified atom stereocenters. The number of aryl methyl sites for hydroxylation is 2. The lowest BCUT2D eigenvalue weighted by molar-refractivity contribution is -0.115. The number of nitrogens with zero attached hydrogens (tertiary/aromatic N) is 2. The number of rotatable bonds is 4. The van der Waals surface area contributed by atoms with Crippen LogP contribution < -0.4 is 11.1 Å². The molecule has 0 saturated carbocycles. The number of thioether (sulfide) groups is 1. The Kier molecular flexibility index (Phi) is 5.62. The van der Waals surface area contributed by atoms with Crippen LogP contribution in [0, 0.1) is 13.8 Å². The van der Waals surface area contributed by atoms with Gasteiger partial charge in [0.05, 0.1) is 21.3 Å². The lowest BCUT2D eigenvalue weighted by atomic mass is 10.2. The second-order valence-electron chi connectivity index (χ2n) is 5.73. The highest BCUT2D eigenvalue weighted by molar-refractivity contribution is 8.00. The van der Waals surface area contributed by atoms with Crippen molar-refractivity contribution < 1.29 is 4.79 Å². The molecule has 3 aromatic rings. The van der Waals surface area contributed by atoms with Gasteiger partial charge in [-0.25, -0.2) is 9.97 Å². The molecular formula is C17H16Cl2N4OS2. The Labute approximate surface area is 169 Å². The maximum absolute atomic E-state index is 12.5. The lowest BCUT2D eigenvalue weighted by Gasteiger charge is -2.12. The minimum Gasteiger partial charge on any atom is -0.383 e. The summed E-state index contributed by atoms with van der Waals surface area (Å²) in [4.78, 5) is 23.3. The highest BCUT2D eigenvalue weighted by atomic mass is 35.5. The van der Waals surface area contributed by atoms with E-state index in [4.69, 9.17) is 28.9 Å². The van der Waals surface area contributed by atoms with Gasteiger partial charge in [0.1, 0.15) is 10.6 Å². The number of hydrogen-bond acceptors (Lipinski definition) is 6. The molecule has 2 heterocycles. The Morgan fingerprint density at radius 1 is 1.31 bits per heavy atom. The van der Waals surface area contributed by atoms with Crippen LogP contribution in [0.3, 0.4) is 0 Å². The first-order chi connectivity index (χ1) is 12.3. The van der Waals surface area contributed by atoms with Crippen LogP contribution in [0.5, 0.6) is 0 Å². The van der Waals surface area contributed by atoms with Crippen LogP contribution in [0.15, 0.2) is 23.4 Å². The molecule has 136 valence electrons. The topological polar surface area (TPSA) is 80.9 Å². The zero-order valence-corrected chi connectivity index (χ0v) is 17.4. The zero-order valence-electron chi connectivity index (χ0n) is 14.3. The molecule has 5 nitrogen and oxygen atoms in total. The van der Waals surface area contributed by atoms with E-state index in [1.165, 1.54) is 11.8 Å². The number of nitrogen functional groups attached to an aromatic ring is 1. The van der Waals surface area contributed by atoms with Gasteiger partial charge in [0, 0.05) is 9.90 Å². The highest BCUT2D eigenvalue weighted by Crippen LogP contribution is 2.34. The van der Waals surface area contributed by atoms with E-state index in [0.717, 1.165) is 20.7 Å². The number of fused-ring (bicyclic) bond motifs is 1. The summed E-state index contributed by atoms with van der Waals surface area (Å²) in [5, 5.41) is 4.61. The molecule has 1 atom stereocenters. The van der Waals surface area contributed by atoms with E-state index in [0.29, 0.717) is 26.7 Å². The van der Waals surface area contributed by atoms with Gasteiger partial charge in [-0.05, 0) is 44.5 Å². The van der Waals surface area contributed by atoms with E-state index in [2.05, 4.69) is 15.3 Å². The number of amides is 1. The maximum atomic E-state index is 12.5. The van der Waals surface area contributed by atoms with Crippen LogP contribution in [0.2, 0.25) is 10.0 Å². The monoisotopic (exact) mass is 426 g/mol. The molecule has 26 heavy (non-hydrogen) atoms. The molecule has 2 aromatic heterocycles. The van der Waals surface area contributed by atoms with Crippen LogP contribution in [-0.4, -0.2) is 21.1 Å². The van der Waals surface area contributed by atoms with Crippen LogP contribution in [0.1, 0.15) is 17.4 Å². The third kappa shape index (κ3) is 3.91. The molecule has 0 spiro atoms. The fraction of sp³-hybridized carbons (Fsp3) is 0.235. The van der Waals surface area contributed by atoms with Gasteiger partial charge >= 0.3 is 0 Å². The summed E-state index contributed by atoms with van der Waals surface area (Å²) in [5.74, 6) is 0.229. The average Bonchev–Trinajstić information content (AvgIpc) is 2.84. The van der Waals surface area contributed by atoms with Crippen LogP contribution in [-0.2, 0) is 4.79 Å². The van der Waals surface area contributed by atoms with Gasteiger partial charge in [0.25, 0.3) is 0 Å². The number of carbonyl (C=O) groups excluding carboxylic acids is 1. The molecule has 0 saturated heterocycles. The quantitative estimate of drug-likeness (QED) is 0.435. The number of benzene rings is 1. The molecule has 3 N–H and O–H groups in total. The Hall–Kier alpha value is -1.54. The minimum absolute atomic E-state index is 0.208. The first-order valence-corrected chi connectivity index (χ1v) is 10.2. The Morgan fingerprint density at radius 3 is 2.73 bits per heavy atom. The Balaban J connectivity index is 1.77. The molecule has 0 fully saturated rings. The summed E-state index contributed by atoms with van der Waals surface area (Å²) in [5.41, 5.74) is 7.70. The van der Waals surface area contributed by atoms with Gasteiger partial charge in [-0.3, -0.25) is 4.79 Å². The number of halogens is 2. The number of aromatic nitrogens is 2. The van der Waals surface area contributed by atoms with E-state index >= 15 is 0 Å². The summed E-state index contributed by atoms with van der Waals surface area (Å²) in [6.07, 6.45) is 0. The maximum Gasteiger partial charge on any atom is 0.237 e. The zero-order chi connectivity index (χ0) is 19.0. The minimum atomic E-state index is -0.430. The normalized spacial score (nSPS) is 12.3. The summed E-state index contributed by atoms with van der Waals surface area (Å²) < 4.78 is 0. The van der Waals surface area contributed by atoms with Crippen LogP contribution >= 0.6 is 46.3 Å². The van der Waals surface area contributed by atoms with Crippen molar-refractivity contribution in [2.45, 2.75) is 31.2 Å². The van der Waals surface area contributed by atoms with E-state index in [9.17, 15) is 4.79 Å². The third-order valence-electron chi connectivity index (χ3n) is 3.88. The number of anilines is 2. The molecule has 1 aromatic carbocycles. The molecular weight excluding hydrogens is 411 g/mol. The van der Waals surface area contributed by atoms with Crippen molar-refractivity contribution in [1.29, 1.82) is 0 Å². The standard InChI is InChI=1S/C17H16Cl2N4OS2/c1-7-8(2)25-16-13(7)14(20)22-17(23-16)26-9(3)15(24)21-12-5-4-10(18)6-11(12)19/h4-6,9H,1-3H3,(H,21,24)(H2,20,22,23)/t9-/m0/s1. The molecule has 1 amide bonds. The average molecular weight is 427 g/mol. The summed E-state index contributed by atoms with van der Waals surface area (Å²) in [6.45, 7) is 5.81. The first-order valence-electron chi connectivity index (χ1n) is 7.72. The Bertz CT molecular complexity index is 1010. The first kappa shape index (κ1) is 19.2. The van der Waals surface area contributed by atoms with Crippen molar-refractivity contribution in [3.05, 3.63) is 38.7 Å². The molecule has 0 aliphatic heterocycles. The van der Waals surface area contributed by atoms with Gasteiger partial charge < -0.3 is 11.1 Å². The molecule has 0 bridgehead atoms. The number of hydrogen-bond donors (Lipinski definition) is 2. The van der Waals surface area contributed by atoms with Crippen molar-refractivity contribution >= 4 is 73.9 Å². The Morgan fingerprint density at radius 2 is 2.04 bits per heavy atom. The van der Waals surface area contributed by atoms with E-state index in [1.807, 2.05) is 13.8 Å². The third-order valence-corrected chi connectivity index (χ3v) is 6.49. The lowest BCUT2D eigenvalue weighted by Crippen LogP contribution is -2.22. The molecule has 0 aliphatic rings. The van der Waals surface area contributed by atoms with Gasteiger partial charge in [-0.1, -0.05) is 35.0 Å². The highest BCUT2D eigenvalue weighted by Gasteiger charge is 2.19. The fourth-order valence-corrected chi connectivity index (χ4v) is 4.68. The van der Waals surface area contributed by atoms with E-state index in [1.54, 1.807) is 36.5 Å².